The highest BCUT2D eigenvalue weighted by atomic mass is 16.5. The SMILES string of the molecule is CCNCc1occc1-c1ccc(OC)cc1C. The van der Waals surface area contributed by atoms with Crippen LogP contribution >= 0.6 is 0 Å². The fraction of sp³-hybridized carbons (Fsp3) is 0.333. The van der Waals surface area contributed by atoms with E-state index in [4.69, 9.17) is 9.15 Å². The van der Waals surface area contributed by atoms with Crippen LogP contribution in [0, 0.1) is 6.92 Å². The third-order valence-corrected chi connectivity index (χ3v) is 3.00. The highest BCUT2D eigenvalue weighted by molar-refractivity contribution is 5.69. The van der Waals surface area contributed by atoms with Crippen molar-refractivity contribution in [2.75, 3.05) is 13.7 Å². The summed E-state index contributed by atoms with van der Waals surface area (Å²) in [6, 6.07) is 8.11. The van der Waals surface area contributed by atoms with E-state index in [0.29, 0.717) is 0 Å². The van der Waals surface area contributed by atoms with Gasteiger partial charge in [-0.25, -0.2) is 0 Å². The van der Waals surface area contributed by atoms with Gasteiger partial charge in [-0.3, -0.25) is 0 Å². The van der Waals surface area contributed by atoms with Gasteiger partial charge in [0.25, 0.3) is 0 Å². The lowest BCUT2D eigenvalue weighted by atomic mass is 10.0. The molecule has 18 heavy (non-hydrogen) atoms. The van der Waals surface area contributed by atoms with E-state index in [1.54, 1.807) is 13.4 Å². The van der Waals surface area contributed by atoms with Crippen molar-refractivity contribution in [3.05, 3.63) is 41.9 Å². The molecule has 96 valence electrons. The minimum atomic E-state index is 0.754. The average Bonchev–Trinajstić information content (AvgIpc) is 2.84. The molecule has 1 aromatic heterocycles. The quantitative estimate of drug-likeness (QED) is 0.877. The summed E-state index contributed by atoms with van der Waals surface area (Å²) < 4.78 is 10.8. The molecule has 0 bridgehead atoms. The number of hydrogen-bond donors (Lipinski definition) is 1. The maximum absolute atomic E-state index is 5.54. The Morgan fingerprint density at radius 3 is 2.72 bits per heavy atom. The van der Waals surface area contributed by atoms with Gasteiger partial charge in [0.2, 0.25) is 0 Å². The van der Waals surface area contributed by atoms with Crippen molar-refractivity contribution in [3.63, 3.8) is 0 Å². The minimum Gasteiger partial charge on any atom is -0.497 e. The number of furan rings is 1. The number of ether oxygens (including phenoxy) is 1. The molecule has 0 aliphatic rings. The topological polar surface area (TPSA) is 34.4 Å². The molecule has 1 N–H and O–H groups in total. The molecule has 3 nitrogen and oxygen atoms in total. The van der Waals surface area contributed by atoms with Crippen molar-refractivity contribution < 1.29 is 9.15 Å². The molecule has 0 aliphatic heterocycles. The predicted molar refractivity (Wildman–Crippen MR) is 72.8 cm³/mol. The second-order valence-electron chi connectivity index (χ2n) is 4.22. The Bertz CT molecular complexity index is 517. The Labute approximate surface area is 108 Å². The van der Waals surface area contributed by atoms with Crippen LogP contribution in [0.25, 0.3) is 11.1 Å². The predicted octanol–water partition coefficient (Wildman–Crippen LogP) is 3.37. The van der Waals surface area contributed by atoms with Gasteiger partial charge in [0.05, 0.1) is 19.9 Å². The van der Waals surface area contributed by atoms with Gasteiger partial charge in [-0.15, -0.1) is 0 Å². The lowest BCUT2D eigenvalue weighted by molar-refractivity contribution is 0.414. The molecular formula is C15H19NO2. The number of methoxy groups -OCH3 is 1. The van der Waals surface area contributed by atoms with E-state index in [9.17, 15) is 0 Å². The normalized spacial score (nSPS) is 10.6. The Kier molecular flexibility index (Phi) is 4.05. The second-order valence-corrected chi connectivity index (χ2v) is 4.22. The molecular weight excluding hydrogens is 226 g/mol. The standard InChI is InChI=1S/C15H19NO2/c1-4-16-10-15-14(7-8-18-15)13-6-5-12(17-3)9-11(13)2/h5-9,16H,4,10H2,1-3H3. The highest BCUT2D eigenvalue weighted by Gasteiger charge is 2.10. The van der Waals surface area contributed by atoms with E-state index in [1.807, 2.05) is 18.2 Å². The van der Waals surface area contributed by atoms with Crippen LogP contribution < -0.4 is 10.1 Å². The summed E-state index contributed by atoms with van der Waals surface area (Å²) >= 11 is 0. The largest absolute Gasteiger partial charge is 0.497 e. The summed E-state index contributed by atoms with van der Waals surface area (Å²) in [6.45, 7) is 5.86. The Balaban J connectivity index is 2.33. The van der Waals surface area contributed by atoms with Gasteiger partial charge in [-0.2, -0.15) is 0 Å². The fourth-order valence-corrected chi connectivity index (χ4v) is 2.02. The molecule has 0 radical (unpaired) electrons. The zero-order valence-electron chi connectivity index (χ0n) is 11.1. The van der Waals surface area contributed by atoms with E-state index in [1.165, 1.54) is 11.1 Å². The summed E-state index contributed by atoms with van der Waals surface area (Å²) in [5.74, 6) is 1.86. The maximum Gasteiger partial charge on any atom is 0.125 e. The van der Waals surface area contributed by atoms with E-state index >= 15 is 0 Å². The van der Waals surface area contributed by atoms with E-state index in [-0.39, 0.29) is 0 Å². The first-order valence-corrected chi connectivity index (χ1v) is 6.18. The number of nitrogens with one attached hydrogen (secondary N) is 1. The summed E-state index contributed by atoms with van der Waals surface area (Å²) in [6.07, 6.45) is 1.74. The maximum atomic E-state index is 5.54. The van der Waals surface area contributed by atoms with Crippen LogP contribution in [-0.4, -0.2) is 13.7 Å². The van der Waals surface area contributed by atoms with Gasteiger partial charge in [0.15, 0.2) is 0 Å². The van der Waals surface area contributed by atoms with Gasteiger partial charge in [-0.05, 0) is 42.8 Å². The summed E-state index contributed by atoms with van der Waals surface area (Å²) in [4.78, 5) is 0. The van der Waals surface area contributed by atoms with Gasteiger partial charge < -0.3 is 14.5 Å². The van der Waals surface area contributed by atoms with Crippen LogP contribution in [0.5, 0.6) is 5.75 Å². The Morgan fingerprint density at radius 2 is 2.06 bits per heavy atom. The van der Waals surface area contributed by atoms with Crippen LogP contribution in [0.4, 0.5) is 0 Å². The van der Waals surface area contributed by atoms with Gasteiger partial charge in [-0.1, -0.05) is 13.0 Å². The highest BCUT2D eigenvalue weighted by Crippen LogP contribution is 2.30. The van der Waals surface area contributed by atoms with Gasteiger partial charge in [0, 0.05) is 5.56 Å². The molecule has 0 atom stereocenters. The number of hydrogen-bond acceptors (Lipinski definition) is 3. The van der Waals surface area contributed by atoms with Gasteiger partial charge in [0.1, 0.15) is 11.5 Å². The summed E-state index contributed by atoms with van der Waals surface area (Å²) in [5.41, 5.74) is 3.53. The van der Waals surface area contributed by atoms with E-state index in [2.05, 4.69) is 25.2 Å². The summed E-state index contributed by atoms with van der Waals surface area (Å²) in [5, 5.41) is 3.28. The van der Waals surface area contributed by atoms with Crippen molar-refractivity contribution in [1.29, 1.82) is 0 Å². The lowest BCUT2D eigenvalue weighted by Gasteiger charge is -2.08. The van der Waals surface area contributed by atoms with Crippen LogP contribution in [0.3, 0.4) is 0 Å². The third kappa shape index (κ3) is 2.57. The molecule has 0 saturated carbocycles. The molecule has 1 aromatic carbocycles. The molecule has 0 fully saturated rings. The minimum absolute atomic E-state index is 0.754. The smallest absolute Gasteiger partial charge is 0.125 e. The fourth-order valence-electron chi connectivity index (χ4n) is 2.02. The molecule has 3 heteroatoms. The van der Waals surface area contributed by atoms with Crippen LogP contribution in [0.2, 0.25) is 0 Å². The van der Waals surface area contributed by atoms with Crippen LogP contribution in [-0.2, 0) is 6.54 Å². The third-order valence-electron chi connectivity index (χ3n) is 3.00. The van der Waals surface area contributed by atoms with Crippen molar-refractivity contribution >= 4 is 0 Å². The van der Waals surface area contributed by atoms with Crippen molar-refractivity contribution in [3.8, 4) is 16.9 Å². The average molecular weight is 245 g/mol. The van der Waals surface area contributed by atoms with Crippen LogP contribution in [0.1, 0.15) is 18.2 Å². The Hall–Kier alpha value is -1.74. The first-order chi connectivity index (χ1) is 8.76. The van der Waals surface area contributed by atoms with Crippen molar-refractivity contribution in [2.24, 2.45) is 0 Å². The molecule has 0 saturated heterocycles. The number of rotatable bonds is 5. The number of aryl methyl sites for hydroxylation is 1. The molecule has 0 spiro atoms. The monoisotopic (exact) mass is 245 g/mol. The molecule has 0 aliphatic carbocycles. The first kappa shape index (κ1) is 12.7. The number of benzene rings is 1. The van der Waals surface area contributed by atoms with Crippen LogP contribution in [0.15, 0.2) is 34.9 Å². The van der Waals surface area contributed by atoms with E-state index in [0.717, 1.165) is 30.2 Å². The lowest BCUT2D eigenvalue weighted by Crippen LogP contribution is -2.11. The zero-order valence-corrected chi connectivity index (χ0v) is 11.1. The second kappa shape index (κ2) is 5.74. The molecule has 1 heterocycles. The molecule has 0 amide bonds. The van der Waals surface area contributed by atoms with Crippen molar-refractivity contribution in [2.45, 2.75) is 20.4 Å². The van der Waals surface area contributed by atoms with E-state index < -0.39 is 0 Å². The molecule has 0 unspecified atom stereocenters. The first-order valence-electron chi connectivity index (χ1n) is 6.18. The molecule has 2 aromatic rings. The zero-order chi connectivity index (χ0) is 13.0. The molecule has 2 rings (SSSR count). The van der Waals surface area contributed by atoms with Crippen molar-refractivity contribution in [1.82, 2.24) is 5.32 Å². The van der Waals surface area contributed by atoms with Gasteiger partial charge >= 0.3 is 0 Å². The Morgan fingerprint density at radius 1 is 1.22 bits per heavy atom. The summed E-state index contributed by atoms with van der Waals surface area (Å²) in [7, 11) is 1.68.